The van der Waals surface area contributed by atoms with Gasteiger partial charge >= 0.3 is 0 Å². The second-order valence-corrected chi connectivity index (χ2v) is 8.03. The van der Waals surface area contributed by atoms with Crippen molar-refractivity contribution >= 4 is 63.6 Å². The molecule has 2 aromatic carbocycles. The molecule has 6 nitrogen and oxygen atoms in total. The maximum absolute atomic E-state index is 12.4. The van der Waals surface area contributed by atoms with Gasteiger partial charge in [0.1, 0.15) is 6.04 Å². The first-order chi connectivity index (χ1) is 14.3. The summed E-state index contributed by atoms with van der Waals surface area (Å²) >= 11 is 13.3. The van der Waals surface area contributed by atoms with Gasteiger partial charge < -0.3 is 16.0 Å². The molecule has 1 unspecified atom stereocenters. The van der Waals surface area contributed by atoms with E-state index in [0.717, 1.165) is 0 Å². The van der Waals surface area contributed by atoms with Crippen molar-refractivity contribution in [3.63, 3.8) is 0 Å². The van der Waals surface area contributed by atoms with Gasteiger partial charge in [0.2, 0.25) is 5.91 Å². The van der Waals surface area contributed by atoms with Gasteiger partial charge in [-0.3, -0.25) is 14.4 Å². The fraction of sp³-hybridized carbons (Fsp3) is 0.0952. The predicted octanol–water partition coefficient (Wildman–Crippen LogP) is 5.06. The van der Waals surface area contributed by atoms with E-state index < -0.39 is 17.9 Å². The third kappa shape index (κ3) is 5.38. The molecule has 1 aromatic heterocycles. The number of hydrogen-bond acceptors (Lipinski definition) is 4. The van der Waals surface area contributed by atoms with Crippen molar-refractivity contribution in [3.05, 3.63) is 80.5 Å². The molecule has 0 fully saturated rings. The molecule has 0 saturated heterocycles. The van der Waals surface area contributed by atoms with Gasteiger partial charge in [-0.2, -0.15) is 0 Å². The first kappa shape index (κ1) is 21.8. The number of carbonyl (C=O) groups is 3. The molecule has 0 aliphatic rings. The molecule has 0 spiro atoms. The lowest BCUT2D eigenvalue weighted by atomic mass is 10.2. The van der Waals surface area contributed by atoms with Crippen LogP contribution in [0.3, 0.4) is 0 Å². The van der Waals surface area contributed by atoms with Crippen LogP contribution in [0.1, 0.15) is 27.0 Å². The Labute approximate surface area is 187 Å². The summed E-state index contributed by atoms with van der Waals surface area (Å²) < 4.78 is 0. The minimum Gasteiger partial charge on any atom is -0.340 e. The molecule has 1 heterocycles. The standard InChI is InChI=1S/C21H17Cl2N3O3S/c1-12(24-20(28)15-4-2-5-16(22)18(15)23)19(27)25-13-7-9-14(10-8-13)26-21(29)17-6-3-11-30-17/h2-12H,1H3,(H,24,28)(H,25,27)(H,26,29). The second-order valence-electron chi connectivity index (χ2n) is 6.29. The molecular formula is C21H17Cl2N3O3S. The number of anilines is 2. The fourth-order valence-corrected chi connectivity index (χ4v) is 3.51. The van der Waals surface area contributed by atoms with Crippen LogP contribution < -0.4 is 16.0 Å². The molecule has 3 amide bonds. The van der Waals surface area contributed by atoms with Crippen LogP contribution in [0.5, 0.6) is 0 Å². The Morgan fingerprint density at radius 3 is 2.17 bits per heavy atom. The van der Waals surface area contributed by atoms with Gasteiger partial charge in [0, 0.05) is 11.4 Å². The highest BCUT2D eigenvalue weighted by Gasteiger charge is 2.19. The number of thiophene rings is 1. The van der Waals surface area contributed by atoms with Crippen LogP contribution >= 0.6 is 34.5 Å². The van der Waals surface area contributed by atoms with Crippen molar-refractivity contribution in [3.8, 4) is 0 Å². The lowest BCUT2D eigenvalue weighted by Crippen LogP contribution is -2.41. The Balaban J connectivity index is 1.56. The lowest BCUT2D eigenvalue weighted by Gasteiger charge is -2.15. The zero-order valence-electron chi connectivity index (χ0n) is 15.7. The third-order valence-corrected chi connectivity index (χ3v) is 5.78. The average Bonchev–Trinajstić information content (AvgIpc) is 3.26. The van der Waals surface area contributed by atoms with Gasteiger partial charge in [0.05, 0.1) is 20.5 Å². The van der Waals surface area contributed by atoms with E-state index in [1.54, 1.807) is 55.5 Å². The Bertz CT molecular complexity index is 1070. The Morgan fingerprint density at radius 1 is 0.867 bits per heavy atom. The summed E-state index contributed by atoms with van der Waals surface area (Å²) in [6, 6.07) is 14.1. The summed E-state index contributed by atoms with van der Waals surface area (Å²) in [4.78, 5) is 37.4. The van der Waals surface area contributed by atoms with Crippen molar-refractivity contribution in [2.45, 2.75) is 13.0 Å². The molecule has 0 saturated carbocycles. The van der Waals surface area contributed by atoms with Gasteiger partial charge in [0.25, 0.3) is 11.8 Å². The number of halogens is 2. The zero-order chi connectivity index (χ0) is 21.7. The van der Waals surface area contributed by atoms with Crippen molar-refractivity contribution in [1.29, 1.82) is 0 Å². The van der Waals surface area contributed by atoms with Gasteiger partial charge in [-0.05, 0) is 54.8 Å². The van der Waals surface area contributed by atoms with E-state index >= 15 is 0 Å². The smallest absolute Gasteiger partial charge is 0.265 e. The van der Waals surface area contributed by atoms with E-state index in [1.165, 1.54) is 17.4 Å². The molecule has 0 aliphatic heterocycles. The topological polar surface area (TPSA) is 87.3 Å². The van der Waals surface area contributed by atoms with Gasteiger partial charge in [-0.1, -0.05) is 35.3 Å². The lowest BCUT2D eigenvalue weighted by molar-refractivity contribution is -0.117. The summed E-state index contributed by atoms with van der Waals surface area (Å²) in [6.45, 7) is 1.56. The highest BCUT2D eigenvalue weighted by Crippen LogP contribution is 2.25. The van der Waals surface area contributed by atoms with Crippen molar-refractivity contribution < 1.29 is 14.4 Å². The number of amides is 3. The minimum absolute atomic E-state index is 0.129. The number of hydrogen-bond donors (Lipinski definition) is 3. The molecule has 30 heavy (non-hydrogen) atoms. The summed E-state index contributed by atoms with van der Waals surface area (Å²) in [6.07, 6.45) is 0. The van der Waals surface area contributed by atoms with Gasteiger partial charge in [0.15, 0.2) is 0 Å². The summed E-state index contributed by atoms with van der Waals surface area (Å²) in [5, 5.41) is 10.3. The third-order valence-electron chi connectivity index (χ3n) is 4.09. The van der Waals surface area contributed by atoms with E-state index in [0.29, 0.717) is 16.3 Å². The van der Waals surface area contributed by atoms with Crippen LogP contribution in [0.2, 0.25) is 10.0 Å². The molecule has 0 aliphatic carbocycles. The largest absolute Gasteiger partial charge is 0.340 e. The minimum atomic E-state index is -0.814. The van der Waals surface area contributed by atoms with Crippen LogP contribution in [0.4, 0.5) is 11.4 Å². The normalized spacial score (nSPS) is 11.4. The number of nitrogens with one attached hydrogen (secondary N) is 3. The number of rotatable bonds is 6. The number of benzene rings is 2. The van der Waals surface area contributed by atoms with E-state index in [1.807, 2.05) is 5.38 Å². The SMILES string of the molecule is CC(NC(=O)c1cccc(Cl)c1Cl)C(=O)Nc1ccc(NC(=O)c2cccs2)cc1. The van der Waals surface area contributed by atoms with Gasteiger partial charge in [-0.15, -0.1) is 11.3 Å². The van der Waals surface area contributed by atoms with Crippen molar-refractivity contribution in [1.82, 2.24) is 5.32 Å². The molecule has 3 rings (SSSR count). The van der Waals surface area contributed by atoms with Crippen LogP contribution in [-0.2, 0) is 4.79 Å². The number of carbonyl (C=O) groups excluding carboxylic acids is 3. The molecule has 154 valence electrons. The van der Waals surface area contributed by atoms with Gasteiger partial charge in [-0.25, -0.2) is 0 Å². The fourth-order valence-electron chi connectivity index (χ4n) is 2.51. The molecule has 3 aromatic rings. The molecule has 9 heteroatoms. The molecule has 0 radical (unpaired) electrons. The average molecular weight is 462 g/mol. The highest BCUT2D eigenvalue weighted by atomic mass is 35.5. The Morgan fingerprint density at radius 2 is 1.53 bits per heavy atom. The van der Waals surface area contributed by atoms with Crippen LogP contribution in [0.15, 0.2) is 60.0 Å². The van der Waals surface area contributed by atoms with Crippen LogP contribution in [0.25, 0.3) is 0 Å². The second kappa shape index (κ2) is 9.75. The van der Waals surface area contributed by atoms with E-state index in [9.17, 15) is 14.4 Å². The maximum atomic E-state index is 12.4. The van der Waals surface area contributed by atoms with E-state index in [4.69, 9.17) is 23.2 Å². The van der Waals surface area contributed by atoms with E-state index in [2.05, 4.69) is 16.0 Å². The maximum Gasteiger partial charge on any atom is 0.265 e. The highest BCUT2D eigenvalue weighted by molar-refractivity contribution is 7.12. The van der Waals surface area contributed by atoms with Crippen molar-refractivity contribution in [2.24, 2.45) is 0 Å². The summed E-state index contributed by atoms with van der Waals surface area (Å²) in [7, 11) is 0. The monoisotopic (exact) mass is 461 g/mol. The zero-order valence-corrected chi connectivity index (χ0v) is 18.1. The molecule has 1 atom stereocenters. The predicted molar refractivity (Wildman–Crippen MR) is 121 cm³/mol. The Hall–Kier alpha value is -2.87. The van der Waals surface area contributed by atoms with Crippen LogP contribution in [0, 0.1) is 0 Å². The first-order valence-corrected chi connectivity index (χ1v) is 10.5. The molecule has 3 N–H and O–H groups in total. The van der Waals surface area contributed by atoms with Crippen molar-refractivity contribution in [2.75, 3.05) is 10.6 Å². The molecule has 0 bridgehead atoms. The van der Waals surface area contributed by atoms with Crippen LogP contribution in [-0.4, -0.2) is 23.8 Å². The Kier molecular flexibility index (Phi) is 7.10. The quantitative estimate of drug-likeness (QED) is 0.478. The summed E-state index contributed by atoms with van der Waals surface area (Å²) in [5.41, 5.74) is 1.31. The molecular weight excluding hydrogens is 445 g/mol. The first-order valence-electron chi connectivity index (χ1n) is 8.86. The van der Waals surface area contributed by atoms with E-state index in [-0.39, 0.29) is 21.5 Å². The summed E-state index contributed by atoms with van der Waals surface area (Å²) in [5.74, 6) is -1.11.